The van der Waals surface area contributed by atoms with E-state index in [1.54, 1.807) is 19.3 Å². The molecular formula is C16H20O5. The topological polar surface area (TPSA) is 61.8 Å². The molecule has 5 nitrogen and oxygen atoms in total. The molecule has 0 aliphatic carbocycles. The average Bonchev–Trinajstić information content (AvgIpc) is 2.46. The van der Waals surface area contributed by atoms with Gasteiger partial charge in [0.2, 0.25) is 0 Å². The van der Waals surface area contributed by atoms with E-state index in [0.717, 1.165) is 11.3 Å². The van der Waals surface area contributed by atoms with Crippen LogP contribution in [0.15, 0.2) is 36.4 Å². The van der Waals surface area contributed by atoms with Gasteiger partial charge < -0.3 is 14.2 Å². The quantitative estimate of drug-likeness (QED) is 0.302. The molecule has 21 heavy (non-hydrogen) atoms. The summed E-state index contributed by atoms with van der Waals surface area (Å²) >= 11 is 0. The van der Waals surface area contributed by atoms with Crippen molar-refractivity contribution in [1.29, 1.82) is 0 Å². The van der Waals surface area contributed by atoms with Gasteiger partial charge in [-0.25, -0.2) is 0 Å². The Kier molecular flexibility index (Phi) is 7.82. The summed E-state index contributed by atoms with van der Waals surface area (Å²) in [6.45, 7) is 2.43. The Labute approximate surface area is 124 Å². The molecule has 5 heteroatoms. The van der Waals surface area contributed by atoms with E-state index in [9.17, 15) is 9.59 Å². The van der Waals surface area contributed by atoms with E-state index in [1.165, 1.54) is 6.92 Å². The van der Waals surface area contributed by atoms with Crippen molar-refractivity contribution < 1.29 is 23.8 Å². The van der Waals surface area contributed by atoms with E-state index in [1.807, 2.05) is 24.3 Å². The second kappa shape index (κ2) is 9.72. The molecule has 0 aromatic heterocycles. The Hall–Kier alpha value is -2.14. The van der Waals surface area contributed by atoms with Gasteiger partial charge in [0.05, 0.1) is 20.3 Å². The van der Waals surface area contributed by atoms with Crippen LogP contribution in [-0.4, -0.2) is 32.1 Å². The molecule has 0 aliphatic heterocycles. The van der Waals surface area contributed by atoms with Crippen molar-refractivity contribution in [3.05, 3.63) is 42.0 Å². The number of rotatable bonds is 9. The third-order valence-electron chi connectivity index (χ3n) is 2.54. The molecule has 0 unspecified atom stereocenters. The van der Waals surface area contributed by atoms with E-state index in [4.69, 9.17) is 14.2 Å². The smallest absolute Gasteiger partial charge is 0.313 e. The van der Waals surface area contributed by atoms with Crippen molar-refractivity contribution in [3.63, 3.8) is 0 Å². The lowest BCUT2D eigenvalue weighted by Crippen LogP contribution is -2.08. The lowest BCUT2D eigenvalue weighted by atomic mass is 10.2. The normalized spacial score (nSPS) is 10.6. The second-order valence-corrected chi connectivity index (χ2v) is 4.40. The Morgan fingerprint density at radius 2 is 1.76 bits per heavy atom. The van der Waals surface area contributed by atoms with Gasteiger partial charge in [-0.3, -0.25) is 9.59 Å². The summed E-state index contributed by atoms with van der Waals surface area (Å²) in [5.41, 5.74) is 1.05. The Bertz CT molecular complexity index is 476. The van der Waals surface area contributed by atoms with Gasteiger partial charge in [0.15, 0.2) is 0 Å². The maximum atomic E-state index is 11.1. The SMILES string of the molecule is COc1ccc(COCC=CCOC(=O)CC(C)=O)cc1. The molecule has 1 aromatic carbocycles. The number of methoxy groups -OCH3 is 1. The highest BCUT2D eigenvalue weighted by atomic mass is 16.5. The highest BCUT2D eigenvalue weighted by Gasteiger charge is 2.04. The minimum Gasteiger partial charge on any atom is -0.497 e. The molecule has 0 heterocycles. The van der Waals surface area contributed by atoms with E-state index in [2.05, 4.69) is 0 Å². The first kappa shape index (κ1) is 16.9. The number of benzene rings is 1. The van der Waals surface area contributed by atoms with Gasteiger partial charge >= 0.3 is 5.97 Å². The van der Waals surface area contributed by atoms with Crippen molar-refractivity contribution in [1.82, 2.24) is 0 Å². The fourth-order valence-electron chi connectivity index (χ4n) is 1.50. The minimum absolute atomic E-state index is 0.151. The molecule has 0 aliphatic rings. The molecule has 0 N–H and O–H groups in total. The summed E-state index contributed by atoms with van der Waals surface area (Å²) in [5, 5.41) is 0. The maximum absolute atomic E-state index is 11.1. The summed E-state index contributed by atoms with van der Waals surface area (Å²) in [5.74, 6) is 0.101. The van der Waals surface area contributed by atoms with E-state index >= 15 is 0 Å². The highest BCUT2D eigenvalue weighted by Crippen LogP contribution is 2.11. The Balaban J connectivity index is 2.11. The Morgan fingerprint density at radius 1 is 1.10 bits per heavy atom. The number of hydrogen-bond acceptors (Lipinski definition) is 5. The molecule has 0 atom stereocenters. The van der Waals surface area contributed by atoms with Crippen LogP contribution in [0.3, 0.4) is 0 Å². The number of ketones is 1. The average molecular weight is 292 g/mol. The van der Waals surface area contributed by atoms with Crippen LogP contribution in [0.2, 0.25) is 0 Å². The third kappa shape index (κ3) is 7.89. The first-order chi connectivity index (χ1) is 10.1. The summed E-state index contributed by atoms with van der Waals surface area (Å²) in [6.07, 6.45) is 3.28. The number of esters is 1. The fraction of sp³-hybridized carbons (Fsp3) is 0.375. The van der Waals surface area contributed by atoms with Gasteiger partial charge in [-0.1, -0.05) is 18.2 Å². The van der Waals surface area contributed by atoms with Crippen molar-refractivity contribution in [3.8, 4) is 5.75 Å². The van der Waals surface area contributed by atoms with Crippen LogP contribution < -0.4 is 4.74 Å². The van der Waals surface area contributed by atoms with Gasteiger partial charge in [-0.05, 0) is 30.7 Å². The van der Waals surface area contributed by atoms with Crippen LogP contribution in [-0.2, 0) is 25.7 Å². The zero-order chi connectivity index (χ0) is 15.5. The van der Waals surface area contributed by atoms with Crippen LogP contribution in [0, 0.1) is 0 Å². The van der Waals surface area contributed by atoms with Gasteiger partial charge in [-0.2, -0.15) is 0 Å². The molecule has 114 valence electrons. The largest absolute Gasteiger partial charge is 0.497 e. The van der Waals surface area contributed by atoms with Gasteiger partial charge in [-0.15, -0.1) is 0 Å². The van der Waals surface area contributed by atoms with Crippen LogP contribution in [0.5, 0.6) is 5.75 Å². The molecule has 0 fully saturated rings. The zero-order valence-electron chi connectivity index (χ0n) is 12.3. The molecule has 1 aromatic rings. The molecule has 0 radical (unpaired) electrons. The minimum atomic E-state index is -0.508. The second-order valence-electron chi connectivity index (χ2n) is 4.40. The zero-order valence-corrected chi connectivity index (χ0v) is 12.3. The highest BCUT2D eigenvalue weighted by molar-refractivity contribution is 5.94. The van der Waals surface area contributed by atoms with Crippen molar-refractivity contribution in [2.45, 2.75) is 20.0 Å². The maximum Gasteiger partial charge on any atom is 0.313 e. The van der Waals surface area contributed by atoms with Crippen molar-refractivity contribution >= 4 is 11.8 Å². The third-order valence-corrected chi connectivity index (χ3v) is 2.54. The van der Waals surface area contributed by atoms with Gasteiger partial charge in [0.1, 0.15) is 24.6 Å². The number of Topliss-reactive ketones (excluding diaryl/α,β-unsaturated/α-hetero) is 1. The van der Waals surface area contributed by atoms with Gasteiger partial charge in [0, 0.05) is 0 Å². The Morgan fingerprint density at radius 3 is 2.38 bits per heavy atom. The number of hydrogen-bond donors (Lipinski definition) is 0. The number of carbonyl (C=O) groups excluding carboxylic acids is 2. The lowest BCUT2D eigenvalue weighted by molar-refractivity contribution is -0.144. The standard InChI is InChI=1S/C16H20O5/c1-13(17)11-16(18)21-10-4-3-9-20-12-14-5-7-15(19-2)8-6-14/h3-8H,9-12H2,1-2H3. The molecule has 0 spiro atoms. The predicted molar refractivity (Wildman–Crippen MR) is 78.0 cm³/mol. The van der Waals surface area contributed by atoms with E-state index < -0.39 is 5.97 Å². The molecule has 0 saturated heterocycles. The van der Waals surface area contributed by atoms with Crippen molar-refractivity contribution in [2.24, 2.45) is 0 Å². The van der Waals surface area contributed by atoms with Crippen LogP contribution in [0.25, 0.3) is 0 Å². The summed E-state index contributed by atoms with van der Waals surface area (Å²) < 4.78 is 15.3. The summed E-state index contributed by atoms with van der Waals surface area (Å²) in [6, 6.07) is 7.63. The molecule has 1 rings (SSSR count). The molecule has 0 bridgehead atoms. The lowest BCUT2D eigenvalue weighted by Gasteiger charge is -2.03. The molecular weight excluding hydrogens is 272 g/mol. The molecule has 0 amide bonds. The number of carbonyl (C=O) groups is 2. The summed E-state index contributed by atoms with van der Waals surface area (Å²) in [7, 11) is 1.62. The fourth-order valence-corrected chi connectivity index (χ4v) is 1.50. The first-order valence-corrected chi connectivity index (χ1v) is 6.62. The van der Waals surface area contributed by atoms with Crippen LogP contribution in [0.4, 0.5) is 0 Å². The summed E-state index contributed by atoms with van der Waals surface area (Å²) in [4.78, 5) is 21.7. The van der Waals surface area contributed by atoms with Crippen LogP contribution in [0.1, 0.15) is 18.9 Å². The van der Waals surface area contributed by atoms with Crippen molar-refractivity contribution in [2.75, 3.05) is 20.3 Å². The van der Waals surface area contributed by atoms with E-state index in [0.29, 0.717) is 13.2 Å². The predicted octanol–water partition coefficient (Wildman–Crippen LogP) is 2.29. The monoisotopic (exact) mass is 292 g/mol. The van der Waals surface area contributed by atoms with Gasteiger partial charge in [0.25, 0.3) is 0 Å². The first-order valence-electron chi connectivity index (χ1n) is 6.62. The molecule has 0 saturated carbocycles. The number of ether oxygens (including phenoxy) is 3. The van der Waals surface area contributed by atoms with Crippen LogP contribution >= 0.6 is 0 Å². The van der Waals surface area contributed by atoms with E-state index in [-0.39, 0.29) is 18.8 Å².